The van der Waals surface area contributed by atoms with E-state index in [0.29, 0.717) is 0 Å². The Morgan fingerprint density at radius 3 is 1.14 bits per heavy atom. The molecule has 12 aromatic rings. The third-order valence-corrected chi connectivity index (χ3v) is 13.1. The van der Waals surface area contributed by atoms with E-state index in [9.17, 15) is 0 Å². The molecule has 66 heavy (non-hydrogen) atoms. The van der Waals surface area contributed by atoms with E-state index >= 15 is 0 Å². The Labute approximate surface area is 385 Å². The maximum atomic E-state index is 5.07. The highest BCUT2D eigenvalue weighted by Gasteiger charge is 2.24. The maximum absolute atomic E-state index is 5.07. The second-order valence-electron chi connectivity index (χ2n) is 16.9. The van der Waals surface area contributed by atoms with E-state index in [1.807, 2.05) is 0 Å². The summed E-state index contributed by atoms with van der Waals surface area (Å²) in [7, 11) is 0. The van der Waals surface area contributed by atoms with Crippen LogP contribution in [0.5, 0.6) is 0 Å². The molecule has 0 fully saturated rings. The third-order valence-electron chi connectivity index (χ3n) is 13.1. The zero-order valence-corrected chi connectivity index (χ0v) is 36.3. The first-order chi connectivity index (χ1) is 32.8. The molecule has 0 amide bonds. The predicted molar refractivity (Wildman–Crippen MR) is 280 cm³/mol. The Kier molecular flexibility index (Phi) is 9.93. The minimum Gasteiger partial charge on any atom is -0.248 e. The molecular formula is C65H43N. The molecule has 0 unspecified atom stereocenters. The Morgan fingerprint density at radius 1 is 0.212 bits per heavy atom. The SMILES string of the molecule is c1ccc(-c2cc(-c3ccc(-c4c5ccccc5c(-c5cccc(-c6ccc7ccccc7n6)c5)c5ccccc45)cc3)c(-c3ccccc3)c(-c3ccccc3)c2-c2ccccc2)cc1. The van der Waals surface area contributed by atoms with Crippen LogP contribution < -0.4 is 0 Å². The highest BCUT2D eigenvalue weighted by atomic mass is 14.7. The minimum atomic E-state index is 0.970. The normalized spacial score (nSPS) is 11.3. The first-order valence-corrected chi connectivity index (χ1v) is 22.7. The molecule has 0 aliphatic rings. The van der Waals surface area contributed by atoms with Gasteiger partial charge in [-0.15, -0.1) is 0 Å². The van der Waals surface area contributed by atoms with Crippen molar-refractivity contribution in [1.29, 1.82) is 0 Å². The number of pyridine rings is 1. The van der Waals surface area contributed by atoms with Crippen molar-refractivity contribution in [2.24, 2.45) is 0 Å². The molecule has 1 heterocycles. The maximum Gasteiger partial charge on any atom is 0.0709 e. The largest absolute Gasteiger partial charge is 0.248 e. The van der Waals surface area contributed by atoms with Crippen LogP contribution in [0.1, 0.15) is 0 Å². The standard InChI is InChI=1S/C65H43N/c1-5-20-44(21-6-1)57-43-58(64(48-25-9-3-10-26-48)65(49-27-11-4-12-28-49)63(57)47-23-7-2-8-24-47)45-36-38-50(39-37-45)61-53-31-14-16-33-55(53)62(56-34-17-15-32-54(56)61)52-30-19-29-51(42-52)60-41-40-46-22-13-18-35-59(46)66-60/h1-43H. The van der Waals surface area contributed by atoms with Crippen molar-refractivity contribution in [3.05, 3.63) is 261 Å². The number of hydrogen-bond donors (Lipinski definition) is 0. The third kappa shape index (κ3) is 6.95. The molecule has 0 aliphatic carbocycles. The van der Waals surface area contributed by atoms with E-state index in [-0.39, 0.29) is 0 Å². The number of hydrogen-bond acceptors (Lipinski definition) is 1. The smallest absolute Gasteiger partial charge is 0.0709 e. The van der Waals surface area contributed by atoms with Crippen LogP contribution in [0, 0.1) is 0 Å². The second-order valence-corrected chi connectivity index (χ2v) is 16.9. The van der Waals surface area contributed by atoms with Crippen molar-refractivity contribution >= 4 is 32.4 Å². The Hall–Kier alpha value is -8.65. The van der Waals surface area contributed by atoms with Gasteiger partial charge in [-0.3, -0.25) is 0 Å². The van der Waals surface area contributed by atoms with Gasteiger partial charge in [-0.2, -0.15) is 0 Å². The summed E-state index contributed by atoms with van der Waals surface area (Å²) in [4.78, 5) is 5.07. The number of benzene rings is 11. The highest BCUT2D eigenvalue weighted by molar-refractivity contribution is 6.21. The first kappa shape index (κ1) is 39.0. The van der Waals surface area contributed by atoms with E-state index < -0.39 is 0 Å². The van der Waals surface area contributed by atoms with E-state index in [2.05, 4.69) is 261 Å². The Bertz CT molecular complexity index is 3650. The zero-order valence-electron chi connectivity index (χ0n) is 36.3. The number of nitrogens with zero attached hydrogens (tertiary/aromatic N) is 1. The van der Waals surface area contributed by atoms with Crippen molar-refractivity contribution in [3.8, 4) is 89.1 Å². The summed E-state index contributed by atoms with van der Waals surface area (Å²) in [6, 6.07) is 94.7. The Morgan fingerprint density at radius 2 is 0.591 bits per heavy atom. The van der Waals surface area contributed by atoms with Crippen molar-refractivity contribution in [3.63, 3.8) is 0 Å². The topological polar surface area (TPSA) is 12.9 Å². The highest BCUT2D eigenvalue weighted by Crippen LogP contribution is 2.51. The van der Waals surface area contributed by atoms with E-state index in [4.69, 9.17) is 4.98 Å². The van der Waals surface area contributed by atoms with Gasteiger partial charge in [0.1, 0.15) is 0 Å². The van der Waals surface area contributed by atoms with Crippen LogP contribution in [0.25, 0.3) is 122 Å². The van der Waals surface area contributed by atoms with Gasteiger partial charge in [-0.1, -0.05) is 237 Å². The molecule has 308 valence electrons. The molecule has 0 N–H and O–H groups in total. The first-order valence-electron chi connectivity index (χ1n) is 22.7. The molecular weight excluding hydrogens is 795 g/mol. The van der Waals surface area contributed by atoms with Crippen molar-refractivity contribution in [1.82, 2.24) is 4.98 Å². The number of aromatic nitrogens is 1. The molecule has 0 spiro atoms. The van der Waals surface area contributed by atoms with Gasteiger partial charge in [0.2, 0.25) is 0 Å². The van der Waals surface area contributed by atoms with E-state index in [1.165, 1.54) is 93.9 Å². The van der Waals surface area contributed by atoms with Gasteiger partial charge in [-0.25, -0.2) is 4.98 Å². The van der Waals surface area contributed by atoms with Gasteiger partial charge in [0.15, 0.2) is 0 Å². The summed E-state index contributed by atoms with van der Waals surface area (Å²) >= 11 is 0. The lowest BCUT2D eigenvalue weighted by molar-refractivity contribution is 1.40. The Balaban J connectivity index is 1.06. The monoisotopic (exact) mass is 837 g/mol. The number of para-hydroxylation sites is 1. The molecule has 0 radical (unpaired) electrons. The fraction of sp³-hybridized carbons (Fsp3) is 0. The summed E-state index contributed by atoms with van der Waals surface area (Å²) in [5.74, 6) is 0. The number of rotatable bonds is 8. The van der Waals surface area contributed by atoms with Crippen LogP contribution in [0.3, 0.4) is 0 Å². The van der Waals surface area contributed by atoms with Crippen LogP contribution in [0.4, 0.5) is 0 Å². The van der Waals surface area contributed by atoms with Crippen LogP contribution in [-0.4, -0.2) is 4.98 Å². The van der Waals surface area contributed by atoms with E-state index in [1.54, 1.807) is 0 Å². The van der Waals surface area contributed by atoms with Crippen LogP contribution in [0.2, 0.25) is 0 Å². The van der Waals surface area contributed by atoms with Crippen LogP contribution in [0.15, 0.2) is 261 Å². The molecule has 0 saturated carbocycles. The molecule has 0 aliphatic heterocycles. The van der Waals surface area contributed by atoms with Crippen molar-refractivity contribution in [2.45, 2.75) is 0 Å². The van der Waals surface area contributed by atoms with Gasteiger partial charge in [-0.05, 0) is 124 Å². The van der Waals surface area contributed by atoms with Gasteiger partial charge in [0.05, 0.1) is 11.2 Å². The summed E-state index contributed by atoms with van der Waals surface area (Å²) in [6.07, 6.45) is 0. The van der Waals surface area contributed by atoms with Gasteiger partial charge >= 0.3 is 0 Å². The van der Waals surface area contributed by atoms with Crippen LogP contribution >= 0.6 is 0 Å². The van der Waals surface area contributed by atoms with E-state index in [0.717, 1.165) is 27.7 Å². The predicted octanol–water partition coefficient (Wildman–Crippen LogP) is 17.9. The van der Waals surface area contributed by atoms with Gasteiger partial charge in [0, 0.05) is 10.9 Å². The minimum absolute atomic E-state index is 0.970. The second kappa shape index (κ2) is 16.8. The molecule has 0 saturated heterocycles. The van der Waals surface area contributed by atoms with Crippen LogP contribution in [-0.2, 0) is 0 Å². The molecule has 1 heteroatoms. The molecule has 0 bridgehead atoms. The average Bonchev–Trinajstić information content (AvgIpc) is 3.40. The fourth-order valence-corrected chi connectivity index (χ4v) is 10.1. The zero-order chi connectivity index (χ0) is 43.8. The molecule has 0 atom stereocenters. The lowest BCUT2D eigenvalue weighted by atomic mass is 9.78. The molecule has 1 aromatic heterocycles. The molecule has 11 aromatic carbocycles. The summed E-state index contributed by atoms with van der Waals surface area (Å²) in [5.41, 5.74) is 19.9. The van der Waals surface area contributed by atoms with Gasteiger partial charge < -0.3 is 0 Å². The van der Waals surface area contributed by atoms with Crippen molar-refractivity contribution < 1.29 is 0 Å². The summed E-state index contributed by atoms with van der Waals surface area (Å²) in [6.45, 7) is 0. The summed E-state index contributed by atoms with van der Waals surface area (Å²) in [5, 5.41) is 6.04. The lowest BCUT2D eigenvalue weighted by Gasteiger charge is -2.24. The number of fused-ring (bicyclic) bond motifs is 3. The lowest BCUT2D eigenvalue weighted by Crippen LogP contribution is -1.98. The quantitative estimate of drug-likeness (QED) is 0.139. The molecule has 12 rings (SSSR count). The van der Waals surface area contributed by atoms with Gasteiger partial charge in [0.25, 0.3) is 0 Å². The fourth-order valence-electron chi connectivity index (χ4n) is 10.1. The summed E-state index contributed by atoms with van der Waals surface area (Å²) < 4.78 is 0. The average molecular weight is 838 g/mol. The molecule has 1 nitrogen and oxygen atoms in total. The van der Waals surface area contributed by atoms with Crippen molar-refractivity contribution in [2.75, 3.05) is 0 Å².